The number of hydrogen-bond acceptors (Lipinski definition) is 3. The van der Waals surface area contributed by atoms with Gasteiger partial charge in [0.2, 0.25) is 5.91 Å². The lowest BCUT2D eigenvalue weighted by Crippen LogP contribution is -2.45. The van der Waals surface area contributed by atoms with Crippen LogP contribution >= 0.6 is 27.5 Å². The summed E-state index contributed by atoms with van der Waals surface area (Å²) in [6, 6.07) is 7.51. The molecule has 1 atom stereocenters. The number of primary amides is 1. The molecule has 0 radical (unpaired) electrons. The largest absolute Gasteiger partial charge is 0.368 e. The Morgan fingerprint density at radius 1 is 1.27 bits per heavy atom. The third-order valence-corrected chi connectivity index (χ3v) is 4.03. The van der Waals surface area contributed by atoms with Gasteiger partial charge in [0.1, 0.15) is 6.04 Å². The van der Waals surface area contributed by atoms with Crippen molar-refractivity contribution in [2.75, 3.05) is 0 Å². The van der Waals surface area contributed by atoms with E-state index in [1.807, 2.05) is 0 Å². The molecule has 5 nitrogen and oxygen atoms in total. The average Bonchev–Trinajstić information content (AvgIpc) is 2.50. The number of benzene rings is 1. The highest BCUT2D eigenvalue weighted by Gasteiger charge is 2.20. The second kappa shape index (κ2) is 7.38. The molecular weight excluding hydrogens is 370 g/mol. The van der Waals surface area contributed by atoms with E-state index in [0.717, 1.165) is 10.0 Å². The number of carbonyl (C=O) groups excluding carboxylic acids is 2. The smallest absolute Gasteiger partial charge is 0.252 e. The Kier molecular flexibility index (Phi) is 5.51. The molecule has 3 N–H and O–H groups in total. The van der Waals surface area contributed by atoms with E-state index in [0.29, 0.717) is 10.6 Å². The molecule has 0 unspecified atom stereocenters. The lowest BCUT2D eigenvalue weighted by Gasteiger charge is -2.16. The van der Waals surface area contributed by atoms with Gasteiger partial charge in [-0.15, -0.1) is 0 Å². The number of nitrogens with one attached hydrogen (secondary N) is 1. The summed E-state index contributed by atoms with van der Waals surface area (Å²) in [5.74, 6) is -1.00. The van der Waals surface area contributed by atoms with E-state index in [1.54, 1.807) is 30.3 Å². The zero-order chi connectivity index (χ0) is 16.1. The van der Waals surface area contributed by atoms with Crippen molar-refractivity contribution in [3.8, 4) is 0 Å². The molecule has 2 amide bonds. The second-order valence-electron chi connectivity index (χ2n) is 4.60. The van der Waals surface area contributed by atoms with Gasteiger partial charge in [-0.2, -0.15) is 0 Å². The summed E-state index contributed by atoms with van der Waals surface area (Å²) in [5, 5.41) is 3.17. The van der Waals surface area contributed by atoms with E-state index in [9.17, 15) is 9.59 Å². The monoisotopic (exact) mass is 381 g/mol. The summed E-state index contributed by atoms with van der Waals surface area (Å²) in [6.45, 7) is 0. The standard InChI is InChI=1S/C15H13BrClN3O2/c16-12-2-1-11(17)7-10(12)8-13(14(18)21)20-15(22)9-3-5-19-6-4-9/h1-7,13H,8H2,(H2,18,21)(H,20,22)/t13-/m1/s1. The van der Waals surface area contributed by atoms with Crippen LogP contribution in [-0.4, -0.2) is 22.8 Å². The first kappa shape index (κ1) is 16.5. The van der Waals surface area contributed by atoms with E-state index < -0.39 is 11.9 Å². The summed E-state index contributed by atoms with van der Waals surface area (Å²) in [7, 11) is 0. The van der Waals surface area contributed by atoms with E-state index in [1.165, 1.54) is 12.4 Å². The van der Waals surface area contributed by atoms with Crippen LogP contribution in [0.25, 0.3) is 0 Å². The van der Waals surface area contributed by atoms with Crippen molar-refractivity contribution in [2.24, 2.45) is 5.73 Å². The molecule has 2 rings (SSSR count). The van der Waals surface area contributed by atoms with E-state index in [2.05, 4.69) is 26.2 Å². The van der Waals surface area contributed by atoms with E-state index >= 15 is 0 Å². The molecule has 0 aliphatic carbocycles. The van der Waals surface area contributed by atoms with Crippen molar-refractivity contribution in [3.05, 3.63) is 63.3 Å². The van der Waals surface area contributed by atoms with Crippen LogP contribution in [0.3, 0.4) is 0 Å². The predicted octanol–water partition coefficient (Wildman–Crippen LogP) is 2.32. The van der Waals surface area contributed by atoms with Gasteiger partial charge < -0.3 is 11.1 Å². The van der Waals surface area contributed by atoms with Crippen LogP contribution < -0.4 is 11.1 Å². The van der Waals surface area contributed by atoms with Crippen molar-refractivity contribution in [1.82, 2.24) is 10.3 Å². The third-order valence-electron chi connectivity index (χ3n) is 3.02. The van der Waals surface area contributed by atoms with E-state index in [4.69, 9.17) is 17.3 Å². The Morgan fingerprint density at radius 2 is 1.95 bits per heavy atom. The van der Waals surface area contributed by atoms with Crippen LogP contribution in [-0.2, 0) is 11.2 Å². The van der Waals surface area contributed by atoms with Gasteiger partial charge in [-0.25, -0.2) is 0 Å². The topological polar surface area (TPSA) is 85.1 Å². The Bertz CT molecular complexity index is 694. The number of aromatic nitrogens is 1. The lowest BCUT2D eigenvalue weighted by molar-refractivity contribution is -0.119. The summed E-state index contributed by atoms with van der Waals surface area (Å²) >= 11 is 9.34. The van der Waals surface area contributed by atoms with Crippen molar-refractivity contribution in [3.63, 3.8) is 0 Å². The van der Waals surface area contributed by atoms with Gasteiger partial charge in [0.05, 0.1) is 0 Å². The molecule has 1 aromatic heterocycles. The molecule has 0 aliphatic rings. The number of nitrogens with two attached hydrogens (primary N) is 1. The fourth-order valence-corrected chi connectivity index (χ4v) is 2.49. The first-order valence-corrected chi connectivity index (χ1v) is 7.58. The number of halogens is 2. The fourth-order valence-electron chi connectivity index (χ4n) is 1.89. The Hall–Kier alpha value is -1.92. The number of pyridine rings is 1. The minimum absolute atomic E-state index is 0.243. The molecule has 1 heterocycles. The molecule has 0 spiro atoms. The highest BCUT2D eigenvalue weighted by molar-refractivity contribution is 9.10. The highest BCUT2D eigenvalue weighted by atomic mass is 79.9. The number of nitrogens with zero attached hydrogens (tertiary/aromatic N) is 1. The Labute approximate surface area is 141 Å². The lowest BCUT2D eigenvalue weighted by atomic mass is 10.0. The molecule has 0 fully saturated rings. The molecule has 7 heteroatoms. The SMILES string of the molecule is NC(=O)[C@@H](Cc1cc(Cl)ccc1Br)NC(=O)c1ccncc1. The summed E-state index contributed by atoms with van der Waals surface area (Å²) in [5.41, 5.74) is 6.58. The maximum Gasteiger partial charge on any atom is 0.252 e. The van der Waals surface area contributed by atoms with Gasteiger partial charge in [0.25, 0.3) is 5.91 Å². The zero-order valence-corrected chi connectivity index (χ0v) is 13.8. The fraction of sp³-hybridized carbons (Fsp3) is 0.133. The second-order valence-corrected chi connectivity index (χ2v) is 5.89. The number of rotatable bonds is 5. The maximum absolute atomic E-state index is 12.1. The number of hydrogen-bond donors (Lipinski definition) is 2. The molecule has 2 aromatic rings. The Morgan fingerprint density at radius 3 is 2.59 bits per heavy atom. The van der Waals surface area contributed by atoms with Crippen LogP contribution in [0.1, 0.15) is 15.9 Å². The molecule has 0 aliphatic heterocycles. The van der Waals surface area contributed by atoms with Gasteiger partial charge in [0.15, 0.2) is 0 Å². The molecule has 22 heavy (non-hydrogen) atoms. The van der Waals surface area contributed by atoms with Gasteiger partial charge in [0, 0.05) is 33.9 Å². The molecule has 0 bridgehead atoms. The van der Waals surface area contributed by atoms with Crippen LogP contribution in [0, 0.1) is 0 Å². The predicted molar refractivity (Wildman–Crippen MR) is 87.5 cm³/mol. The molecule has 114 valence electrons. The van der Waals surface area contributed by atoms with Crippen LogP contribution in [0.4, 0.5) is 0 Å². The van der Waals surface area contributed by atoms with Crippen molar-refractivity contribution in [1.29, 1.82) is 0 Å². The van der Waals surface area contributed by atoms with Crippen molar-refractivity contribution in [2.45, 2.75) is 12.5 Å². The summed E-state index contributed by atoms with van der Waals surface area (Å²) in [6.07, 6.45) is 3.25. The van der Waals surface area contributed by atoms with Crippen LogP contribution in [0.15, 0.2) is 47.2 Å². The average molecular weight is 383 g/mol. The van der Waals surface area contributed by atoms with Gasteiger partial charge >= 0.3 is 0 Å². The molecular formula is C15H13BrClN3O2. The first-order valence-electron chi connectivity index (χ1n) is 6.41. The highest BCUT2D eigenvalue weighted by Crippen LogP contribution is 2.22. The number of carbonyl (C=O) groups is 2. The van der Waals surface area contributed by atoms with Gasteiger partial charge in [-0.3, -0.25) is 14.6 Å². The molecule has 1 aromatic carbocycles. The zero-order valence-electron chi connectivity index (χ0n) is 11.4. The molecule has 0 saturated carbocycles. The minimum Gasteiger partial charge on any atom is -0.368 e. The van der Waals surface area contributed by atoms with Crippen molar-refractivity contribution < 1.29 is 9.59 Å². The third kappa shape index (κ3) is 4.29. The summed E-state index contributed by atoms with van der Waals surface area (Å²) in [4.78, 5) is 27.6. The Balaban J connectivity index is 2.15. The van der Waals surface area contributed by atoms with Gasteiger partial charge in [-0.1, -0.05) is 27.5 Å². The normalized spacial score (nSPS) is 11.7. The number of amides is 2. The quantitative estimate of drug-likeness (QED) is 0.832. The minimum atomic E-state index is -0.838. The first-order chi connectivity index (χ1) is 10.5. The van der Waals surface area contributed by atoms with Crippen molar-refractivity contribution >= 4 is 39.3 Å². The van der Waals surface area contributed by atoms with E-state index in [-0.39, 0.29) is 12.3 Å². The summed E-state index contributed by atoms with van der Waals surface area (Å²) < 4.78 is 0.793. The van der Waals surface area contributed by atoms with Crippen LogP contribution in [0.2, 0.25) is 5.02 Å². The maximum atomic E-state index is 12.1. The molecule has 0 saturated heterocycles. The van der Waals surface area contributed by atoms with Crippen LogP contribution in [0.5, 0.6) is 0 Å². The van der Waals surface area contributed by atoms with Gasteiger partial charge in [-0.05, 0) is 35.9 Å².